The van der Waals surface area contributed by atoms with E-state index in [1.54, 1.807) is 66.7 Å². The van der Waals surface area contributed by atoms with E-state index in [9.17, 15) is 29.3 Å². The zero-order valence-corrected chi connectivity index (χ0v) is 23.4. The van der Waals surface area contributed by atoms with Crippen LogP contribution in [0, 0.1) is 10.1 Å². The van der Waals surface area contributed by atoms with Gasteiger partial charge in [0.1, 0.15) is 12.7 Å². The van der Waals surface area contributed by atoms with Crippen LogP contribution in [0.4, 0.5) is 5.69 Å². The minimum atomic E-state index is -1.63. The molecule has 1 saturated heterocycles. The highest BCUT2D eigenvalue weighted by Crippen LogP contribution is 2.31. The van der Waals surface area contributed by atoms with Gasteiger partial charge in [-0.15, -0.1) is 0 Å². The van der Waals surface area contributed by atoms with Gasteiger partial charge < -0.3 is 23.7 Å². The number of non-ortho nitro benzene ring substituents is 1. The van der Waals surface area contributed by atoms with Gasteiger partial charge in [-0.3, -0.25) is 10.1 Å². The second-order valence-electron chi connectivity index (χ2n) is 9.69. The van der Waals surface area contributed by atoms with Crippen molar-refractivity contribution in [3.8, 4) is 0 Å². The van der Waals surface area contributed by atoms with Gasteiger partial charge in [0.15, 0.2) is 6.10 Å². The molecule has 45 heavy (non-hydrogen) atoms. The standard InChI is InChI=1S/C33H25NO11/c35-29(21-10-4-1-5-11-21)41-20-26-27(43-30(36)22-12-6-2-7-13-22)28(44-31(37)23-14-8-3-9-15-23)33(42-26)45-32(38)24-16-18-25(19-17-24)34(39)40/h1-19,26-28,33H,20H2/t26-,27-,28-,33+/m1/s1. The van der Waals surface area contributed by atoms with E-state index in [-0.39, 0.29) is 27.9 Å². The van der Waals surface area contributed by atoms with Gasteiger partial charge in [0.05, 0.1) is 27.2 Å². The maximum absolute atomic E-state index is 13.2. The molecule has 4 aromatic carbocycles. The first-order valence-corrected chi connectivity index (χ1v) is 13.7. The average Bonchev–Trinajstić information content (AvgIpc) is 3.39. The summed E-state index contributed by atoms with van der Waals surface area (Å²) < 4.78 is 28.4. The minimum Gasteiger partial charge on any atom is -0.459 e. The fraction of sp³-hybridized carbons (Fsp3) is 0.152. The van der Waals surface area contributed by atoms with Crippen molar-refractivity contribution in [2.24, 2.45) is 0 Å². The van der Waals surface area contributed by atoms with Gasteiger partial charge in [-0.2, -0.15) is 0 Å². The van der Waals surface area contributed by atoms with Gasteiger partial charge in [0, 0.05) is 12.1 Å². The molecule has 0 radical (unpaired) electrons. The third kappa shape index (κ3) is 7.56. The molecule has 0 bridgehead atoms. The van der Waals surface area contributed by atoms with E-state index in [2.05, 4.69) is 0 Å². The van der Waals surface area contributed by atoms with Crippen molar-refractivity contribution in [2.75, 3.05) is 6.61 Å². The molecular formula is C33H25NO11. The zero-order valence-electron chi connectivity index (χ0n) is 23.4. The number of hydrogen-bond donors (Lipinski definition) is 0. The van der Waals surface area contributed by atoms with E-state index in [0.717, 1.165) is 12.1 Å². The fourth-order valence-electron chi connectivity index (χ4n) is 4.43. The predicted molar refractivity (Wildman–Crippen MR) is 155 cm³/mol. The van der Waals surface area contributed by atoms with E-state index in [1.165, 1.54) is 36.4 Å². The lowest BCUT2D eigenvalue weighted by atomic mass is 10.1. The van der Waals surface area contributed by atoms with Crippen molar-refractivity contribution < 1.29 is 47.8 Å². The second kappa shape index (κ2) is 14.1. The van der Waals surface area contributed by atoms with Crippen molar-refractivity contribution in [3.63, 3.8) is 0 Å². The molecule has 0 aliphatic carbocycles. The summed E-state index contributed by atoms with van der Waals surface area (Å²) in [6.45, 7) is -0.467. The monoisotopic (exact) mass is 611 g/mol. The molecule has 0 amide bonds. The summed E-state index contributed by atoms with van der Waals surface area (Å²) in [5, 5.41) is 11.0. The topological polar surface area (TPSA) is 158 Å². The van der Waals surface area contributed by atoms with Crippen LogP contribution < -0.4 is 0 Å². The SMILES string of the molecule is O=C(OC[C@H]1O[C@@H](OC(=O)c2ccc([N+](=O)[O-])cc2)[C@H](OC(=O)c2ccccc2)[C@@H]1OC(=O)c1ccccc1)c1ccccc1. The molecule has 5 rings (SSSR count). The Bertz CT molecular complexity index is 1660. The van der Waals surface area contributed by atoms with Crippen molar-refractivity contribution in [2.45, 2.75) is 24.6 Å². The molecule has 0 aromatic heterocycles. The number of esters is 4. The Morgan fingerprint density at radius 2 is 1.00 bits per heavy atom. The number of benzene rings is 4. The van der Waals surface area contributed by atoms with Gasteiger partial charge in [-0.25, -0.2) is 19.2 Å². The predicted octanol–water partition coefficient (Wildman–Crippen LogP) is 4.78. The largest absolute Gasteiger partial charge is 0.459 e. The first kappa shape index (κ1) is 30.6. The van der Waals surface area contributed by atoms with Crippen molar-refractivity contribution >= 4 is 29.6 Å². The molecule has 1 aliphatic rings. The van der Waals surface area contributed by atoms with E-state index in [1.807, 2.05) is 0 Å². The molecule has 12 heteroatoms. The second-order valence-corrected chi connectivity index (χ2v) is 9.69. The van der Waals surface area contributed by atoms with Crippen LogP contribution in [0.25, 0.3) is 0 Å². The lowest BCUT2D eigenvalue weighted by molar-refractivity contribution is -0.384. The van der Waals surface area contributed by atoms with Crippen LogP contribution in [0.15, 0.2) is 115 Å². The molecule has 4 aromatic rings. The first-order valence-electron chi connectivity index (χ1n) is 13.7. The molecule has 4 atom stereocenters. The molecule has 0 unspecified atom stereocenters. The Morgan fingerprint density at radius 1 is 0.578 bits per heavy atom. The van der Waals surface area contributed by atoms with E-state index in [0.29, 0.717) is 0 Å². The van der Waals surface area contributed by atoms with Gasteiger partial charge >= 0.3 is 23.9 Å². The third-order valence-electron chi connectivity index (χ3n) is 6.70. The number of hydrogen-bond acceptors (Lipinski definition) is 11. The molecule has 1 fully saturated rings. The van der Waals surface area contributed by atoms with Crippen molar-refractivity contribution in [3.05, 3.63) is 148 Å². The maximum atomic E-state index is 13.2. The Morgan fingerprint density at radius 3 is 1.49 bits per heavy atom. The van der Waals surface area contributed by atoms with E-state index in [4.69, 9.17) is 23.7 Å². The smallest absolute Gasteiger partial charge is 0.340 e. The summed E-state index contributed by atoms with van der Waals surface area (Å²) in [7, 11) is 0. The fourth-order valence-corrected chi connectivity index (χ4v) is 4.43. The van der Waals surface area contributed by atoms with Crippen LogP contribution in [0.1, 0.15) is 41.4 Å². The van der Waals surface area contributed by atoms with Crippen LogP contribution in [-0.4, -0.2) is 60.0 Å². The van der Waals surface area contributed by atoms with Crippen LogP contribution in [0.2, 0.25) is 0 Å². The van der Waals surface area contributed by atoms with Crippen LogP contribution >= 0.6 is 0 Å². The molecule has 228 valence electrons. The van der Waals surface area contributed by atoms with Gasteiger partial charge in [0.25, 0.3) is 5.69 Å². The summed E-state index contributed by atoms with van der Waals surface area (Å²) in [5.74, 6) is -3.29. The number of nitrogens with zero attached hydrogens (tertiary/aromatic N) is 1. The molecule has 1 aliphatic heterocycles. The normalized spacial score (nSPS) is 18.8. The van der Waals surface area contributed by atoms with E-state index < -0.39 is 60.0 Å². The Kier molecular flexibility index (Phi) is 9.55. The van der Waals surface area contributed by atoms with Gasteiger partial charge in [-0.05, 0) is 48.5 Å². The molecule has 0 N–H and O–H groups in total. The Balaban J connectivity index is 1.44. The highest BCUT2D eigenvalue weighted by molar-refractivity contribution is 5.91. The van der Waals surface area contributed by atoms with Crippen LogP contribution in [0.5, 0.6) is 0 Å². The number of carbonyl (C=O) groups is 4. The van der Waals surface area contributed by atoms with Crippen molar-refractivity contribution in [1.82, 2.24) is 0 Å². The Labute approximate surface area is 256 Å². The third-order valence-corrected chi connectivity index (χ3v) is 6.70. The Hall–Kier alpha value is -5.88. The highest BCUT2D eigenvalue weighted by Gasteiger charge is 2.52. The van der Waals surface area contributed by atoms with Gasteiger partial charge in [-0.1, -0.05) is 54.6 Å². The summed E-state index contributed by atoms with van der Waals surface area (Å²) in [6, 6.07) is 28.7. The number of rotatable bonds is 10. The molecule has 12 nitrogen and oxygen atoms in total. The summed E-state index contributed by atoms with van der Waals surface area (Å²) in [6.07, 6.45) is -5.78. The van der Waals surface area contributed by atoms with E-state index >= 15 is 0 Å². The molecule has 1 heterocycles. The average molecular weight is 612 g/mol. The van der Waals surface area contributed by atoms with Crippen LogP contribution in [0.3, 0.4) is 0 Å². The first-order chi connectivity index (χ1) is 21.8. The summed E-state index contributed by atoms with van der Waals surface area (Å²) >= 11 is 0. The molecular weight excluding hydrogens is 586 g/mol. The highest BCUT2D eigenvalue weighted by atomic mass is 16.8. The lowest BCUT2D eigenvalue weighted by Gasteiger charge is -2.24. The number of nitro groups is 1. The number of nitro benzene ring substituents is 1. The number of ether oxygens (including phenoxy) is 5. The summed E-state index contributed by atoms with van der Waals surface area (Å²) in [5.41, 5.74) is 0.282. The lowest BCUT2D eigenvalue weighted by Crippen LogP contribution is -2.42. The van der Waals surface area contributed by atoms with Gasteiger partial charge in [0.2, 0.25) is 12.4 Å². The maximum Gasteiger partial charge on any atom is 0.340 e. The quantitative estimate of drug-likeness (QED) is 0.105. The van der Waals surface area contributed by atoms with Crippen LogP contribution in [-0.2, 0) is 23.7 Å². The number of carbonyl (C=O) groups excluding carboxylic acids is 4. The zero-order chi connectivity index (χ0) is 31.8. The summed E-state index contributed by atoms with van der Waals surface area (Å²) in [4.78, 5) is 62.5. The molecule has 0 spiro atoms. The molecule has 0 saturated carbocycles. The van der Waals surface area contributed by atoms with Crippen molar-refractivity contribution in [1.29, 1.82) is 0 Å². The minimum absolute atomic E-state index is 0.0610.